The van der Waals surface area contributed by atoms with Crippen molar-refractivity contribution in [2.24, 2.45) is 34.5 Å². The van der Waals surface area contributed by atoms with Crippen molar-refractivity contribution in [1.82, 2.24) is 4.90 Å². The normalized spacial score (nSPS) is 41.7. The van der Waals surface area contributed by atoms with E-state index < -0.39 is 11.9 Å². The molecule has 0 aromatic heterocycles. The topological polar surface area (TPSA) is 63.7 Å². The fourth-order valence-electron chi connectivity index (χ4n) is 5.65. The maximum atomic E-state index is 12.8. The number of carbonyl (C=O) groups is 3. The number of methoxy groups -OCH3 is 1. The zero-order valence-electron chi connectivity index (χ0n) is 14.7. The van der Waals surface area contributed by atoms with Crippen LogP contribution >= 0.6 is 0 Å². The first kappa shape index (κ1) is 16.5. The van der Waals surface area contributed by atoms with Crippen molar-refractivity contribution >= 4 is 17.8 Å². The number of amides is 2. The molecular weight excluding hydrogens is 294 g/mol. The van der Waals surface area contributed by atoms with Gasteiger partial charge in [0, 0.05) is 7.05 Å². The van der Waals surface area contributed by atoms with Crippen molar-refractivity contribution in [2.75, 3.05) is 14.2 Å². The Balaban J connectivity index is 1.95. The summed E-state index contributed by atoms with van der Waals surface area (Å²) in [6.45, 7) is 6.87. The average Bonchev–Trinajstić information content (AvgIpc) is 2.94. The third-order valence-electron chi connectivity index (χ3n) is 7.61. The number of nitrogens with zero attached hydrogens (tertiary/aromatic N) is 1. The van der Waals surface area contributed by atoms with E-state index in [-0.39, 0.29) is 40.9 Å². The summed E-state index contributed by atoms with van der Waals surface area (Å²) in [5, 5.41) is 0. The highest BCUT2D eigenvalue weighted by molar-refractivity contribution is 6.06. The number of likely N-dealkylation sites (tertiary alicyclic amines) is 1. The van der Waals surface area contributed by atoms with Crippen molar-refractivity contribution in [3.8, 4) is 0 Å². The minimum atomic E-state index is -0.558. The fraction of sp³-hybridized carbons (Fsp3) is 0.833. The largest absolute Gasteiger partial charge is 0.469 e. The van der Waals surface area contributed by atoms with Crippen molar-refractivity contribution in [3.05, 3.63) is 0 Å². The van der Waals surface area contributed by atoms with Crippen LogP contribution < -0.4 is 0 Å². The average molecular weight is 321 g/mol. The summed E-state index contributed by atoms with van der Waals surface area (Å²) < 4.78 is 4.75. The second-order valence-electron chi connectivity index (χ2n) is 8.36. The van der Waals surface area contributed by atoms with Crippen LogP contribution in [-0.2, 0) is 19.1 Å². The molecule has 2 saturated carbocycles. The molecule has 2 bridgehead atoms. The Hall–Kier alpha value is -1.39. The fourth-order valence-corrected chi connectivity index (χ4v) is 5.65. The Bertz CT molecular complexity index is 569. The third kappa shape index (κ3) is 2.01. The molecule has 0 N–H and O–H groups in total. The summed E-state index contributed by atoms with van der Waals surface area (Å²) in [6, 6.07) is 0. The van der Waals surface area contributed by atoms with Gasteiger partial charge in [-0.2, -0.15) is 0 Å². The van der Waals surface area contributed by atoms with Crippen molar-refractivity contribution in [1.29, 1.82) is 0 Å². The van der Waals surface area contributed by atoms with E-state index in [0.717, 1.165) is 12.8 Å². The molecule has 0 unspecified atom stereocenters. The molecule has 3 rings (SSSR count). The minimum absolute atomic E-state index is 0.00769. The van der Waals surface area contributed by atoms with Crippen LogP contribution in [0.3, 0.4) is 0 Å². The molecule has 3 fully saturated rings. The number of hydrogen-bond donors (Lipinski definition) is 0. The Morgan fingerprint density at radius 1 is 1.26 bits per heavy atom. The molecule has 2 amide bonds. The second-order valence-corrected chi connectivity index (χ2v) is 8.36. The number of imide groups is 1. The van der Waals surface area contributed by atoms with Crippen LogP contribution in [0.25, 0.3) is 0 Å². The van der Waals surface area contributed by atoms with Crippen LogP contribution in [0.1, 0.15) is 46.5 Å². The van der Waals surface area contributed by atoms with Gasteiger partial charge >= 0.3 is 5.97 Å². The van der Waals surface area contributed by atoms with E-state index >= 15 is 0 Å². The van der Waals surface area contributed by atoms with E-state index in [1.165, 1.54) is 25.5 Å². The lowest BCUT2D eigenvalue weighted by atomic mass is 9.61. The van der Waals surface area contributed by atoms with Gasteiger partial charge in [0.1, 0.15) is 0 Å². The quantitative estimate of drug-likeness (QED) is 0.591. The highest BCUT2D eigenvalue weighted by Gasteiger charge is 2.66. The van der Waals surface area contributed by atoms with Crippen molar-refractivity contribution < 1.29 is 19.1 Å². The zero-order chi connectivity index (χ0) is 17.2. The maximum absolute atomic E-state index is 12.8. The minimum Gasteiger partial charge on any atom is -0.469 e. The Morgan fingerprint density at radius 3 is 2.39 bits per heavy atom. The first-order valence-corrected chi connectivity index (χ1v) is 8.53. The van der Waals surface area contributed by atoms with Gasteiger partial charge in [0.15, 0.2) is 0 Å². The van der Waals surface area contributed by atoms with E-state index in [2.05, 4.69) is 20.8 Å². The van der Waals surface area contributed by atoms with Gasteiger partial charge in [-0.25, -0.2) is 0 Å². The third-order valence-corrected chi connectivity index (χ3v) is 7.61. The lowest BCUT2D eigenvalue weighted by molar-refractivity contribution is -0.145. The van der Waals surface area contributed by atoms with Gasteiger partial charge in [-0.1, -0.05) is 20.8 Å². The van der Waals surface area contributed by atoms with Gasteiger partial charge in [-0.3, -0.25) is 19.3 Å². The first-order chi connectivity index (χ1) is 10.6. The van der Waals surface area contributed by atoms with Crippen LogP contribution in [-0.4, -0.2) is 36.8 Å². The van der Waals surface area contributed by atoms with Gasteiger partial charge in [0.2, 0.25) is 11.8 Å². The Morgan fingerprint density at radius 2 is 1.91 bits per heavy atom. The predicted octanol–water partition coefficient (Wildman–Crippen LogP) is 2.24. The zero-order valence-corrected chi connectivity index (χ0v) is 14.7. The number of rotatable bonds is 3. The highest BCUT2D eigenvalue weighted by atomic mass is 16.5. The van der Waals surface area contributed by atoms with Gasteiger partial charge in [-0.15, -0.1) is 0 Å². The molecule has 5 atom stereocenters. The van der Waals surface area contributed by atoms with E-state index in [1.54, 1.807) is 0 Å². The molecule has 5 heteroatoms. The monoisotopic (exact) mass is 321 g/mol. The summed E-state index contributed by atoms with van der Waals surface area (Å²) in [5.41, 5.74) is 0.232. The smallest absolute Gasteiger partial charge is 0.306 e. The van der Waals surface area contributed by atoms with E-state index in [4.69, 9.17) is 4.74 Å². The van der Waals surface area contributed by atoms with Crippen LogP contribution in [0, 0.1) is 34.5 Å². The summed E-state index contributed by atoms with van der Waals surface area (Å²) in [5.74, 6) is -0.910. The summed E-state index contributed by atoms with van der Waals surface area (Å²) >= 11 is 0. The predicted molar refractivity (Wildman–Crippen MR) is 84.1 cm³/mol. The molecule has 0 aromatic carbocycles. The number of ether oxygens (including phenoxy) is 1. The van der Waals surface area contributed by atoms with E-state index in [1.807, 2.05) is 0 Å². The lowest BCUT2D eigenvalue weighted by Crippen LogP contribution is -2.40. The van der Waals surface area contributed by atoms with Gasteiger partial charge in [0.05, 0.1) is 25.4 Å². The van der Waals surface area contributed by atoms with Crippen molar-refractivity contribution in [2.45, 2.75) is 46.5 Å². The molecule has 1 aliphatic heterocycles. The molecule has 128 valence electrons. The molecule has 1 heterocycles. The summed E-state index contributed by atoms with van der Waals surface area (Å²) in [4.78, 5) is 38.2. The maximum Gasteiger partial charge on any atom is 0.306 e. The molecule has 0 aromatic rings. The SMILES string of the molecule is COC(=O)C[C@H]1C(=O)N(C)C(=O)[C@@H]1[C@H]1C[C@@H]2CC[C@@]1(C)C2(C)C. The van der Waals surface area contributed by atoms with Crippen molar-refractivity contribution in [3.63, 3.8) is 0 Å². The molecule has 0 radical (unpaired) electrons. The summed E-state index contributed by atoms with van der Waals surface area (Å²) in [7, 11) is 2.86. The Labute approximate surface area is 137 Å². The number of carbonyl (C=O) groups excluding carboxylic acids is 3. The standard InChI is InChI=1S/C18H27NO4/c1-17(2)10-6-7-18(17,3)12(8-10)14-11(9-13(20)23-5)15(21)19(4)16(14)22/h10-12,14H,6-9H2,1-5H3/t10-,11+,12+,14-,18+/m0/s1. The molecule has 2 aliphatic carbocycles. The number of fused-ring (bicyclic) bond motifs is 2. The van der Waals surface area contributed by atoms with Crippen LogP contribution in [0.5, 0.6) is 0 Å². The number of hydrogen-bond acceptors (Lipinski definition) is 4. The second kappa shape index (κ2) is 5.05. The molecule has 3 aliphatic rings. The van der Waals surface area contributed by atoms with E-state index in [0.29, 0.717) is 5.92 Å². The van der Waals surface area contributed by atoms with Crippen LogP contribution in [0.2, 0.25) is 0 Å². The van der Waals surface area contributed by atoms with Crippen LogP contribution in [0.15, 0.2) is 0 Å². The number of esters is 1. The Kier molecular flexibility index (Phi) is 3.62. The molecule has 1 saturated heterocycles. The van der Waals surface area contributed by atoms with E-state index in [9.17, 15) is 14.4 Å². The van der Waals surface area contributed by atoms with Gasteiger partial charge < -0.3 is 4.74 Å². The molecule has 5 nitrogen and oxygen atoms in total. The molecule has 0 spiro atoms. The summed E-state index contributed by atoms with van der Waals surface area (Å²) in [6.07, 6.45) is 3.29. The highest BCUT2D eigenvalue weighted by Crippen LogP contribution is 2.70. The molecular formula is C18H27NO4. The molecule has 23 heavy (non-hydrogen) atoms. The van der Waals surface area contributed by atoms with Gasteiger partial charge in [0.25, 0.3) is 0 Å². The first-order valence-electron chi connectivity index (χ1n) is 8.53. The lowest BCUT2D eigenvalue weighted by Gasteiger charge is -2.42. The van der Waals surface area contributed by atoms with Gasteiger partial charge in [-0.05, 0) is 41.9 Å². The van der Waals surface area contributed by atoms with Crippen LogP contribution in [0.4, 0.5) is 0 Å².